The van der Waals surface area contributed by atoms with Gasteiger partial charge in [0.15, 0.2) is 17.4 Å². The molecule has 0 radical (unpaired) electrons. The van der Waals surface area contributed by atoms with Gasteiger partial charge in [-0.3, -0.25) is 0 Å². The third-order valence-electron chi connectivity index (χ3n) is 2.55. The van der Waals surface area contributed by atoms with Crippen molar-refractivity contribution in [2.24, 2.45) is 0 Å². The average molecular weight is 268 g/mol. The molecule has 2 rings (SSSR count). The average Bonchev–Trinajstić information content (AvgIpc) is 2.45. The van der Waals surface area contributed by atoms with E-state index in [2.05, 4.69) is 0 Å². The van der Waals surface area contributed by atoms with Gasteiger partial charge in [0.2, 0.25) is 5.82 Å². The van der Waals surface area contributed by atoms with Crippen molar-refractivity contribution in [1.29, 1.82) is 0 Å². The third-order valence-corrected chi connectivity index (χ3v) is 2.55. The highest BCUT2D eigenvalue weighted by atomic mass is 19.2. The zero-order chi connectivity index (χ0) is 13.8. The Balaban J connectivity index is 2.08. The Morgan fingerprint density at radius 3 is 2.21 bits per heavy atom. The van der Waals surface area contributed by atoms with Crippen LogP contribution in [0.1, 0.15) is 5.56 Å². The van der Waals surface area contributed by atoms with Crippen LogP contribution >= 0.6 is 0 Å². The standard InChI is InChI=1S/C14H11F3O2/c1-18-10-4-2-9(3-5-10)8-19-12-7-6-11(15)13(16)14(12)17/h2-7H,8H2,1H3. The van der Waals surface area contributed by atoms with Crippen molar-refractivity contribution in [1.82, 2.24) is 0 Å². The molecule has 0 aliphatic heterocycles. The zero-order valence-electron chi connectivity index (χ0n) is 10.1. The molecule has 0 saturated heterocycles. The van der Waals surface area contributed by atoms with Crippen LogP contribution < -0.4 is 9.47 Å². The second kappa shape index (κ2) is 5.65. The van der Waals surface area contributed by atoms with Gasteiger partial charge in [-0.05, 0) is 29.8 Å². The summed E-state index contributed by atoms with van der Waals surface area (Å²) in [6.07, 6.45) is 0. The van der Waals surface area contributed by atoms with Gasteiger partial charge in [0.1, 0.15) is 12.4 Å². The Hall–Kier alpha value is -2.17. The van der Waals surface area contributed by atoms with E-state index >= 15 is 0 Å². The number of rotatable bonds is 4. The maximum Gasteiger partial charge on any atom is 0.203 e. The minimum atomic E-state index is -1.53. The first-order valence-electron chi connectivity index (χ1n) is 5.51. The lowest BCUT2D eigenvalue weighted by atomic mass is 10.2. The number of hydrogen-bond acceptors (Lipinski definition) is 2. The molecule has 2 nitrogen and oxygen atoms in total. The number of hydrogen-bond donors (Lipinski definition) is 0. The molecular formula is C14H11F3O2. The molecule has 0 aliphatic carbocycles. The molecule has 0 atom stereocenters. The smallest absolute Gasteiger partial charge is 0.203 e. The lowest BCUT2D eigenvalue weighted by Gasteiger charge is -2.08. The van der Waals surface area contributed by atoms with Crippen LogP contribution in [0.2, 0.25) is 0 Å². The van der Waals surface area contributed by atoms with Crippen LogP contribution in [-0.2, 0) is 6.61 Å². The first kappa shape index (κ1) is 13.3. The maximum absolute atomic E-state index is 13.3. The Morgan fingerprint density at radius 2 is 1.58 bits per heavy atom. The normalized spacial score (nSPS) is 10.3. The first-order valence-corrected chi connectivity index (χ1v) is 5.51. The molecule has 0 N–H and O–H groups in total. The van der Waals surface area contributed by atoms with E-state index in [1.807, 2.05) is 0 Å². The summed E-state index contributed by atoms with van der Waals surface area (Å²) in [4.78, 5) is 0. The number of ether oxygens (including phenoxy) is 2. The van der Waals surface area contributed by atoms with E-state index in [4.69, 9.17) is 9.47 Å². The molecular weight excluding hydrogens is 257 g/mol. The van der Waals surface area contributed by atoms with Gasteiger partial charge in [-0.1, -0.05) is 12.1 Å². The summed E-state index contributed by atoms with van der Waals surface area (Å²) in [6, 6.07) is 8.78. The molecule has 0 spiro atoms. The Morgan fingerprint density at radius 1 is 0.895 bits per heavy atom. The summed E-state index contributed by atoms with van der Waals surface area (Å²) in [5, 5.41) is 0. The number of benzene rings is 2. The summed E-state index contributed by atoms with van der Waals surface area (Å²) in [5.74, 6) is -3.74. The summed E-state index contributed by atoms with van der Waals surface area (Å²) in [5.41, 5.74) is 0.755. The van der Waals surface area contributed by atoms with Crippen LogP contribution in [0.4, 0.5) is 13.2 Å². The van der Waals surface area contributed by atoms with Crippen LogP contribution in [0.15, 0.2) is 36.4 Å². The lowest BCUT2D eigenvalue weighted by molar-refractivity contribution is 0.281. The van der Waals surface area contributed by atoms with E-state index in [0.29, 0.717) is 5.75 Å². The molecule has 0 unspecified atom stereocenters. The van der Waals surface area contributed by atoms with E-state index in [-0.39, 0.29) is 12.4 Å². The lowest BCUT2D eigenvalue weighted by Crippen LogP contribution is -2.00. The van der Waals surface area contributed by atoms with Gasteiger partial charge in [0.05, 0.1) is 7.11 Å². The quantitative estimate of drug-likeness (QED) is 0.787. The molecule has 2 aromatic carbocycles. The SMILES string of the molecule is COc1ccc(COc2ccc(F)c(F)c2F)cc1. The molecule has 0 aliphatic rings. The van der Waals surface area contributed by atoms with E-state index in [1.165, 1.54) is 0 Å². The van der Waals surface area contributed by atoms with Crippen molar-refractivity contribution in [2.45, 2.75) is 6.61 Å². The monoisotopic (exact) mass is 268 g/mol. The van der Waals surface area contributed by atoms with E-state index < -0.39 is 17.5 Å². The molecule has 0 heterocycles. The van der Waals surface area contributed by atoms with E-state index in [1.54, 1.807) is 31.4 Å². The van der Waals surface area contributed by atoms with Crippen molar-refractivity contribution < 1.29 is 22.6 Å². The highest BCUT2D eigenvalue weighted by molar-refractivity contribution is 5.29. The minimum absolute atomic E-state index is 0.0476. The minimum Gasteiger partial charge on any atom is -0.497 e. The Labute approximate surface area is 108 Å². The van der Waals surface area contributed by atoms with Crippen molar-refractivity contribution in [3.63, 3.8) is 0 Å². The summed E-state index contributed by atoms with van der Waals surface area (Å²) < 4.78 is 49.1. The van der Waals surface area contributed by atoms with Gasteiger partial charge >= 0.3 is 0 Å². The maximum atomic E-state index is 13.3. The highest BCUT2D eigenvalue weighted by Crippen LogP contribution is 2.23. The van der Waals surface area contributed by atoms with Crippen molar-refractivity contribution in [3.05, 3.63) is 59.4 Å². The van der Waals surface area contributed by atoms with Gasteiger partial charge in [-0.15, -0.1) is 0 Å². The van der Waals surface area contributed by atoms with Crippen molar-refractivity contribution in [2.75, 3.05) is 7.11 Å². The second-order valence-electron chi connectivity index (χ2n) is 3.81. The van der Waals surface area contributed by atoms with Gasteiger partial charge in [0, 0.05) is 0 Å². The molecule has 0 aromatic heterocycles. The fraction of sp³-hybridized carbons (Fsp3) is 0.143. The molecule has 0 bridgehead atoms. The molecule has 0 fully saturated rings. The first-order chi connectivity index (χ1) is 9.11. The van der Waals surface area contributed by atoms with Crippen molar-refractivity contribution in [3.8, 4) is 11.5 Å². The van der Waals surface area contributed by atoms with Crippen LogP contribution in [0.25, 0.3) is 0 Å². The van der Waals surface area contributed by atoms with E-state index in [0.717, 1.165) is 17.7 Å². The molecule has 2 aromatic rings. The summed E-state index contributed by atoms with van der Waals surface area (Å²) in [7, 11) is 1.54. The number of methoxy groups -OCH3 is 1. The van der Waals surface area contributed by atoms with Gasteiger partial charge in [-0.2, -0.15) is 4.39 Å². The van der Waals surface area contributed by atoms with Crippen LogP contribution in [0, 0.1) is 17.5 Å². The molecule has 5 heteroatoms. The van der Waals surface area contributed by atoms with Crippen molar-refractivity contribution >= 4 is 0 Å². The topological polar surface area (TPSA) is 18.5 Å². The molecule has 0 amide bonds. The molecule has 19 heavy (non-hydrogen) atoms. The third kappa shape index (κ3) is 2.99. The summed E-state index contributed by atoms with van der Waals surface area (Å²) in [6.45, 7) is 0.0476. The summed E-state index contributed by atoms with van der Waals surface area (Å²) >= 11 is 0. The van der Waals surface area contributed by atoms with Gasteiger partial charge < -0.3 is 9.47 Å². The molecule has 0 saturated carbocycles. The molecule has 100 valence electrons. The predicted molar refractivity (Wildman–Crippen MR) is 63.6 cm³/mol. The largest absolute Gasteiger partial charge is 0.497 e. The fourth-order valence-corrected chi connectivity index (χ4v) is 1.50. The van der Waals surface area contributed by atoms with E-state index in [9.17, 15) is 13.2 Å². The van der Waals surface area contributed by atoms with Gasteiger partial charge in [-0.25, -0.2) is 8.78 Å². The predicted octanol–water partition coefficient (Wildman–Crippen LogP) is 3.69. The highest BCUT2D eigenvalue weighted by Gasteiger charge is 2.14. The second-order valence-corrected chi connectivity index (χ2v) is 3.81. The zero-order valence-corrected chi connectivity index (χ0v) is 10.1. The van der Waals surface area contributed by atoms with Crippen LogP contribution in [-0.4, -0.2) is 7.11 Å². The number of halogens is 3. The van der Waals surface area contributed by atoms with Gasteiger partial charge in [0.25, 0.3) is 0 Å². The Bertz CT molecular complexity index is 568. The Kier molecular flexibility index (Phi) is 3.94. The fourth-order valence-electron chi connectivity index (χ4n) is 1.50. The van der Waals surface area contributed by atoms with Crippen LogP contribution in [0.3, 0.4) is 0 Å². The van der Waals surface area contributed by atoms with Crippen LogP contribution in [0.5, 0.6) is 11.5 Å².